The van der Waals surface area contributed by atoms with Crippen molar-refractivity contribution in [1.82, 2.24) is 0 Å². The van der Waals surface area contributed by atoms with Gasteiger partial charge in [0.25, 0.3) is 0 Å². The number of rotatable bonds is 4. The van der Waals surface area contributed by atoms with E-state index in [9.17, 15) is 0 Å². The molecule has 0 heterocycles. The third kappa shape index (κ3) is 3.12. The van der Waals surface area contributed by atoms with Gasteiger partial charge in [0.15, 0.2) is 0 Å². The van der Waals surface area contributed by atoms with E-state index >= 15 is 0 Å². The molecule has 0 aliphatic rings. The highest BCUT2D eigenvalue weighted by Crippen LogP contribution is 2.24. The average Bonchev–Trinajstić information content (AvgIpc) is 2.22. The van der Waals surface area contributed by atoms with E-state index < -0.39 is 5.54 Å². The van der Waals surface area contributed by atoms with Crippen LogP contribution in [0, 0.1) is 11.3 Å². The molecule has 1 aromatic rings. The number of ether oxygens (including phenoxy) is 1. The largest absolute Gasteiger partial charge is 0.381 e. The normalized spacial score (nSPS) is 14.0. The van der Waals surface area contributed by atoms with Crippen LogP contribution in [0.2, 0.25) is 5.02 Å². The second-order valence-electron chi connectivity index (χ2n) is 3.48. The summed E-state index contributed by atoms with van der Waals surface area (Å²) in [6, 6.07) is 9.46. The molecule has 0 amide bonds. The van der Waals surface area contributed by atoms with E-state index in [4.69, 9.17) is 21.6 Å². The van der Waals surface area contributed by atoms with Gasteiger partial charge in [-0.2, -0.15) is 5.26 Å². The van der Waals surface area contributed by atoms with Crippen molar-refractivity contribution in [3.63, 3.8) is 0 Å². The van der Waals surface area contributed by atoms with E-state index in [2.05, 4.69) is 11.4 Å². The second-order valence-corrected chi connectivity index (χ2v) is 3.89. The van der Waals surface area contributed by atoms with Crippen molar-refractivity contribution in [2.45, 2.75) is 12.5 Å². The number of hydrogen-bond acceptors (Lipinski definition) is 3. The fraction of sp³-hybridized carbons (Fsp3) is 0.364. The summed E-state index contributed by atoms with van der Waals surface area (Å²) in [5.41, 5.74) is -0.0278. The maximum Gasteiger partial charge on any atom is 0.146 e. The Hall–Kier alpha value is -1.24. The Morgan fingerprint density at radius 3 is 2.73 bits per heavy atom. The van der Waals surface area contributed by atoms with Gasteiger partial charge in [-0.3, -0.25) is 0 Å². The van der Waals surface area contributed by atoms with Crippen molar-refractivity contribution in [2.75, 3.05) is 19.0 Å². The van der Waals surface area contributed by atoms with E-state index in [-0.39, 0.29) is 0 Å². The van der Waals surface area contributed by atoms with Crippen LogP contribution in [-0.4, -0.2) is 19.3 Å². The number of nitrogens with zero attached hydrogens (tertiary/aromatic N) is 1. The van der Waals surface area contributed by atoms with E-state index in [1.165, 1.54) is 0 Å². The zero-order valence-electron chi connectivity index (χ0n) is 8.75. The van der Waals surface area contributed by atoms with Gasteiger partial charge < -0.3 is 10.1 Å². The minimum absolute atomic E-state index is 0.300. The quantitative estimate of drug-likeness (QED) is 0.855. The number of para-hydroxylation sites is 1. The van der Waals surface area contributed by atoms with E-state index in [0.717, 1.165) is 5.69 Å². The van der Waals surface area contributed by atoms with Crippen LogP contribution >= 0.6 is 11.6 Å². The molecule has 4 heteroatoms. The van der Waals surface area contributed by atoms with E-state index in [0.29, 0.717) is 11.6 Å². The molecular formula is C11H13ClN2O. The summed E-state index contributed by atoms with van der Waals surface area (Å²) in [7, 11) is 1.56. The predicted octanol–water partition coefficient (Wildman–Crippen LogP) is 2.68. The van der Waals surface area contributed by atoms with Crippen molar-refractivity contribution in [1.29, 1.82) is 5.26 Å². The van der Waals surface area contributed by atoms with Gasteiger partial charge in [0, 0.05) is 7.11 Å². The molecular weight excluding hydrogens is 212 g/mol. The van der Waals surface area contributed by atoms with Crippen LogP contribution in [-0.2, 0) is 4.74 Å². The first kappa shape index (κ1) is 11.8. The van der Waals surface area contributed by atoms with Crippen LogP contribution in [0.4, 0.5) is 5.69 Å². The lowest BCUT2D eigenvalue weighted by Crippen LogP contribution is -2.37. The highest BCUT2D eigenvalue weighted by Gasteiger charge is 2.23. The molecule has 0 radical (unpaired) electrons. The van der Waals surface area contributed by atoms with E-state index in [1.54, 1.807) is 20.1 Å². The Morgan fingerprint density at radius 2 is 2.20 bits per heavy atom. The van der Waals surface area contributed by atoms with Crippen LogP contribution in [0.1, 0.15) is 6.92 Å². The van der Waals surface area contributed by atoms with Crippen LogP contribution in [0.25, 0.3) is 0 Å². The molecule has 0 saturated heterocycles. The number of nitriles is 1. The first-order valence-electron chi connectivity index (χ1n) is 4.54. The van der Waals surface area contributed by atoms with Crippen LogP contribution in [0.5, 0.6) is 0 Å². The Kier molecular flexibility index (Phi) is 3.96. The molecule has 1 rings (SSSR count). The average molecular weight is 225 g/mol. The lowest BCUT2D eigenvalue weighted by Gasteiger charge is -2.24. The molecule has 1 atom stereocenters. The molecule has 1 N–H and O–H groups in total. The summed E-state index contributed by atoms with van der Waals surface area (Å²) in [5.74, 6) is 0. The summed E-state index contributed by atoms with van der Waals surface area (Å²) in [6.45, 7) is 2.06. The van der Waals surface area contributed by atoms with Gasteiger partial charge in [-0.15, -0.1) is 0 Å². The summed E-state index contributed by atoms with van der Waals surface area (Å²) in [6.07, 6.45) is 0. The molecule has 0 spiro atoms. The standard InChI is InChI=1S/C11H13ClN2O/c1-11(7-13,8-15-2)14-10-6-4-3-5-9(10)12/h3-6,14H,8H2,1-2H3. The van der Waals surface area contributed by atoms with Gasteiger partial charge in [-0.25, -0.2) is 0 Å². The Labute approximate surface area is 94.6 Å². The third-order valence-electron chi connectivity index (χ3n) is 1.96. The van der Waals surface area contributed by atoms with Crippen molar-refractivity contribution < 1.29 is 4.74 Å². The summed E-state index contributed by atoms with van der Waals surface area (Å²) in [5, 5.41) is 12.7. The maximum absolute atomic E-state index is 9.03. The zero-order chi connectivity index (χ0) is 11.3. The van der Waals surface area contributed by atoms with Gasteiger partial charge in [0.1, 0.15) is 5.54 Å². The molecule has 0 aromatic heterocycles. The lowest BCUT2D eigenvalue weighted by atomic mass is 10.1. The first-order chi connectivity index (χ1) is 7.11. The van der Waals surface area contributed by atoms with Gasteiger partial charge >= 0.3 is 0 Å². The summed E-state index contributed by atoms with van der Waals surface area (Å²) >= 11 is 5.97. The molecule has 0 aliphatic carbocycles. The SMILES string of the molecule is COCC(C)(C#N)Nc1ccccc1Cl. The number of benzene rings is 1. The molecule has 0 fully saturated rings. The van der Waals surface area contributed by atoms with Gasteiger partial charge in [0.05, 0.1) is 23.4 Å². The number of methoxy groups -OCH3 is 1. The van der Waals surface area contributed by atoms with Crippen molar-refractivity contribution in [3.8, 4) is 6.07 Å². The van der Waals surface area contributed by atoms with Crippen LogP contribution in [0.15, 0.2) is 24.3 Å². The molecule has 3 nitrogen and oxygen atoms in total. The molecule has 0 bridgehead atoms. The molecule has 0 saturated carbocycles. The van der Waals surface area contributed by atoms with Crippen molar-refractivity contribution >= 4 is 17.3 Å². The van der Waals surface area contributed by atoms with Crippen LogP contribution in [0.3, 0.4) is 0 Å². The highest BCUT2D eigenvalue weighted by atomic mass is 35.5. The van der Waals surface area contributed by atoms with Gasteiger partial charge in [0.2, 0.25) is 0 Å². The molecule has 15 heavy (non-hydrogen) atoms. The Morgan fingerprint density at radius 1 is 1.53 bits per heavy atom. The minimum Gasteiger partial charge on any atom is -0.381 e. The Balaban J connectivity index is 2.85. The second kappa shape index (κ2) is 5.01. The van der Waals surface area contributed by atoms with Crippen molar-refractivity contribution in [2.24, 2.45) is 0 Å². The van der Waals surface area contributed by atoms with Gasteiger partial charge in [-0.1, -0.05) is 23.7 Å². The van der Waals surface area contributed by atoms with Crippen LogP contribution < -0.4 is 5.32 Å². The maximum atomic E-state index is 9.03. The molecule has 80 valence electrons. The Bertz CT molecular complexity index is 375. The summed E-state index contributed by atoms with van der Waals surface area (Å²) < 4.78 is 4.98. The number of anilines is 1. The minimum atomic E-state index is -0.764. The first-order valence-corrected chi connectivity index (χ1v) is 4.92. The number of hydrogen-bond donors (Lipinski definition) is 1. The topological polar surface area (TPSA) is 45.0 Å². The van der Waals surface area contributed by atoms with Gasteiger partial charge in [-0.05, 0) is 19.1 Å². The lowest BCUT2D eigenvalue weighted by molar-refractivity contribution is 0.171. The smallest absolute Gasteiger partial charge is 0.146 e. The molecule has 0 aliphatic heterocycles. The monoisotopic (exact) mass is 224 g/mol. The highest BCUT2D eigenvalue weighted by molar-refractivity contribution is 6.33. The summed E-state index contributed by atoms with van der Waals surface area (Å²) in [4.78, 5) is 0. The number of halogens is 1. The van der Waals surface area contributed by atoms with Crippen molar-refractivity contribution in [3.05, 3.63) is 29.3 Å². The zero-order valence-corrected chi connectivity index (χ0v) is 9.51. The third-order valence-corrected chi connectivity index (χ3v) is 2.29. The van der Waals surface area contributed by atoms with E-state index in [1.807, 2.05) is 18.2 Å². The predicted molar refractivity (Wildman–Crippen MR) is 61.0 cm³/mol. The molecule has 1 aromatic carbocycles. The number of nitrogens with one attached hydrogen (secondary N) is 1. The fourth-order valence-corrected chi connectivity index (χ4v) is 1.43. The molecule has 1 unspecified atom stereocenters. The fourth-order valence-electron chi connectivity index (χ4n) is 1.24.